The van der Waals surface area contributed by atoms with Crippen molar-refractivity contribution >= 4 is 11.9 Å². The minimum absolute atomic E-state index is 0.169. The minimum Gasteiger partial charge on any atom is -0.486 e. The summed E-state index contributed by atoms with van der Waals surface area (Å²) < 4.78 is 23.3. The summed E-state index contributed by atoms with van der Waals surface area (Å²) in [5.74, 6) is -0.405. The number of para-hydroxylation sites is 4. The molecule has 8 nitrogen and oxygen atoms in total. The molecule has 0 spiro atoms. The first-order chi connectivity index (χ1) is 18.5. The van der Waals surface area contributed by atoms with Crippen molar-refractivity contribution in [2.24, 2.45) is 0 Å². The molecule has 0 saturated heterocycles. The molecule has 2 aromatic carbocycles. The van der Waals surface area contributed by atoms with E-state index >= 15 is 0 Å². The van der Waals surface area contributed by atoms with E-state index in [4.69, 9.17) is 18.9 Å². The molecule has 0 aliphatic heterocycles. The van der Waals surface area contributed by atoms with Crippen molar-refractivity contribution in [3.63, 3.8) is 0 Å². The predicted molar refractivity (Wildman–Crippen MR) is 145 cm³/mol. The Labute approximate surface area is 225 Å². The van der Waals surface area contributed by atoms with Crippen molar-refractivity contribution < 1.29 is 38.7 Å². The van der Waals surface area contributed by atoms with Gasteiger partial charge in [0, 0.05) is 0 Å². The summed E-state index contributed by atoms with van der Waals surface area (Å²) in [5.41, 5.74) is 0. The van der Waals surface area contributed by atoms with Gasteiger partial charge in [-0.1, -0.05) is 76.6 Å². The predicted octanol–water partition coefficient (Wildman–Crippen LogP) is 6.75. The number of rotatable bonds is 21. The van der Waals surface area contributed by atoms with E-state index in [0.717, 1.165) is 51.4 Å². The lowest BCUT2D eigenvalue weighted by molar-refractivity contribution is -0.146. The smallest absolute Gasteiger partial charge is 0.344 e. The zero-order chi connectivity index (χ0) is 27.6. The highest BCUT2D eigenvalue weighted by molar-refractivity contribution is 5.73. The van der Waals surface area contributed by atoms with E-state index in [-0.39, 0.29) is 13.2 Å². The summed E-state index contributed by atoms with van der Waals surface area (Å²) in [6.45, 7) is 4.55. The zero-order valence-electron chi connectivity index (χ0n) is 22.6. The third-order valence-corrected chi connectivity index (χ3v) is 6.03. The van der Waals surface area contributed by atoms with Crippen LogP contribution in [0.5, 0.6) is 23.0 Å². The van der Waals surface area contributed by atoms with Crippen LogP contribution in [0.15, 0.2) is 48.5 Å². The van der Waals surface area contributed by atoms with Crippen molar-refractivity contribution in [3.05, 3.63) is 48.5 Å². The van der Waals surface area contributed by atoms with Crippen molar-refractivity contribution in [2.75, 3.05) is 13.2 Å². The normalized spacial score (nSPS) is 12.4. The number of unbranched alkanes of at least 4 members (excludes halogenated alkanes) is 6. The fourth-order valence-corrected chi connectivity index (χ4v) is 3.92. The second kappa shape index (κ2) is 17.9. The Morgan fingerprint density at radius 2 is 0.974 bits per heavy atom. The third-order valence-electron chi connectivity index (χ3n) is 6.03. The Balaban J connectivity index is 1.92. The standard InChI is InChI=1S/C30H42O8/c1-3-5-7-9-19-27(29(31)32)37-25-17-13-11-15-23(25)35-21-22-36-24-16-12-14-18-26(24)38-28(30(33)34)20-10-8-6-4-2/h11-18,27-28H,3-10,19-22H2,1-2H3,(H,31,32)(H,33,34). The lowest BCUT2D eigenvalue weighted by atomic mass is 10.1. The molecule has 8 heteroatoms. The molecule has 210 valence electrons. The number of carboxylic acids is 2. The van der Waals surface area contributed by atoms with Gasteiger partial charge in [-0.05, 0) is 49.9 Å². The maximum absolute atomic E-state index is 11.7. The molecule has 2 unspecified atom stereocenters. The van der Waals surface area contributed by atoms with Gasteiger partial charge in [0.1, 0.15) is 13.2 Å². The molecule has 0 saturated carbocycles. The van der Waals surface area contributed by atoms with Crippen molar-refractivity contribution in [1.29, 1.82) is 0 Å². The maximum atomic E-state index is 11.7. The van der Waals surface area contributed by atoms with E-state index in [1.54, 1.807) is 48.5 Å². The fourth-order valence-electron chi connectivity index (χ4n) is 3.92. The molecule has 0 heterocycles. The summed E-state index contributed by atoms with van der Waals surface area (Å²) in [6, 6.07) is 13.9. The molecular formula is C30H42O8. The summed E-state index contributed by atoms with van der Waals surface area (Å²) >= 11 is 0. The van der Waals surface area contributed by atoms with Crippen LogP contribution in [0.25, 0.3) is 0 Å². The number of ether oxygens (including phenoxy) is 4. The Morgan fingerprint density at radius 3 is 1.32 bits per heavy atom. The maximum Gasteiger partial charge on any atom is 0.344 e. The van der Waals surface area contributed by atoms with Gasteiger partial charge in [-0.3, -0.25) is 0 Å². The van der Waals surface area contributed by atoms with Crippen LogP contribution in [0.4, 0.5) is 0 Å². The summed E-state index contributed by atoms with van der Waals surface area (Å²) in [5, 5.41) is 19.2. The summed E-state index contributed by atoms with van der Waals surface area (Å²) in [7, 11) is 0. The van der Waals surface area contributed by atoms with Crippen LogP contribution >= 0.6 is 0 Å². The highest BCUT2D eigenvalue weighted by Crippen LogP contribution is 2.30. The van der Waals surface area contributed by atoms with Crippen LogP contribution in [0.3, 0.4) is 0 Å². The number of benzene rings is 2. The van der Waals surface area contributed by atoms with E-state index in [0.29, 0.717) is 35.8 Å². The summed E-state index contributed by atoms with van der Waals surface area (Å²) in [4.78, 5) is 23.4. The number of hydrogen-bond acceptors (Lipinski definition) is 6. The highest BCUT2D eigenvalue weighted by atomic mass is 16.6. The molecule has 0 fully saturated rings. The Hall–Kier alpha value is -3.42. The van der Waals surface area contributed by atoms with E-state index in [1.165, 1.54) is 0 Å². The van der Waals surface area contributed by atoms with Crippen molar-refractivity contribution in [3.8, 4) is 23.0 Å². The molecule has 0 aliphatic carbocycles. The lowest BCUT2D eigenvalue weighted by Gasteiger charge is -2.19. The molecular weight excluding hydrogens is 488 g/mol. The number of hydrogen-bond donors (Lipinski definition) is 2. The first-order valence-electron chi connectivity index (χ1n) is 13.7. The quantitative estimate of drug-likeness (QED) is 0.171. The average molecular weight is 531 g/mol. The van der Waals surface area contributed by atoms with Gasteiger partial charge in [-0.15, -0.1) is 0 Å². The van der Waals surface area contributed by atoms with Gasteiger partial charge in [-0.2, -0.15) is 0 Å². The first kappa shape index (κ1) is 30.8. The average Bonchev–Trinajstić information content (AvgIpc) is 2.91. The highest BCUT2D eigenvalue weighted by Gasteiger charge is 2.22. The first-order valence-corrected chi connectivity index (χ1v) is 13.7. The molecule has 2 aromatic rings. The van der Waals surface area contributed by atoms with E-state index < -0.39 is 24.1 Å². The van der Waals surface area contributed by atoms with Crippen LogP contribution in [0.2, 0.25) is 0 Å². The Morgan fingerprint density at radius 1 is 0.605 bits per heavy atom. The van der Waals surface area contributed by atoms with Crippen LogP contribution in [-0.2, 0) is 9.59 Å². The molecule has 2 rings (SSSR count). The number of carboxylic acid groups (broad SMARTS) is 2. The Kier molecular flexibility index (Phi) is 14.5. The van der Waals surface area contributed by atoms with Gasteiger partial charge in [0.25, 0.3) is 0 Å². The van der Waals surface area contributed by atoms with Crippen molar-refractivity contribution in [1.82, 2.24) is 0 Å². The lowest BCUT2D eigenvalue weighted by Crippen LogP contribution is -2.27. The van der Waals surface area contributed by atoms with E-state index in [1.807, 2.05) is 0 Å². The second-order valence-corrected chi connectivity index (χ2v) is 9.18. The van der Waals surface area contributed by atoms with E-state index in [9.17, 15) is 19.8 Å². The second-order valence-electron chi connectivity index (χ2n) is 9.18. The van der Waals surface area contributed by atoms with Gasteiger partial charge in [0.05, 0.1) is 0 Å². The molecule has 0 aromatic heterocycles. The zero-order valence-corrected chi connectivity index (χ0v) is 22.6. The van der Waals surface area contributed by atoms with E-state index in [2.05, 4.69) is 13.8 Å². The van der Waals surface area contributed by atoms with Gasteiger partial charge in [0.2, 0.25) is 0 Å². The van der Waals surface area contributed by atoms with Crippen LogP contribution in [0.1, 0.15) is 78.1 Å². The van der Waals surface area contributed by atoms with Crippen LogP contribution in [-0.4, -0.2) is 47.6 Å². The van der Waals surface area contributed by atoms with Gasteiger partial charge in [-0.25, -0.2) is 9.59 Å². The number of aliphatic carboxylic acids is 2. The molecule has 0 amide bonds. The molecule has 38 heavy (non-hydrogen) atoms. The minimum atomic E-state index is -0.999. The largest absolute Gasteiger partial charge is 0.486 e. The van der Waals surface area contributed by atoms with Crippen molar-refractivity contribution in [2.45, 2.75) is 90.3 Å². The molecule has 2 N–H and O–H groups in total. The topological polar surface area (TPSA) is 112 Å². The number of carbonyl (C=O) groups is 2. The molecule has 0 bridgehead atoms. The summed E-state index contributed by atoms with van der Waals surface area (Å²) in [6.07, 6.45) is 6.76. The SMILES string of the molecule is CCCCCCC(Oc1ccccc1OCCOc1ccccc1OC(CCCCCC)C(=O)O)C(=O)O. The fraction of sp³-hybridized carbons (Fsp3) is 0.533. The van der Waals surface area contributed by atoms with Crippen LogP contribution < -0.4 is 18.9 Å². The van der Waals surface area contributed by atoms with Crippen LogP contribution in [0, 0.1) is 0 Å². The van der Waals surface area contributed by atoms with Gasteiger partial charge in [0.15, 0.2) is 35.2 Å². The Bertz CT molecular complexity index is 883. The molecule has 2 atom stereocenters. The molecule has 0 radical (unpaired) electrons. The third kappa shape index (κ3) is 11.3. The monoisotopic (exact) mass is 530 g/mol. The molecule has 0 aliphatic rings. The van der Waals surface area contributed by atoms with Gasteiger partial charge < -0.3 is 29.2 Å². The van der Waals surface area contributed by atoms with Gasteiger partial charge >= 0.3 is 11.9 Å².